The average Bonchev–Trinajstić information content (AvgIpc) is 3.30. The number of hydrogen-bond acceptors (Lipinski definition) is 4. The standard InChI is InChI=1S/C24H33Cl2N4P/c1-24(2,3)31(20-12-22(25)27-14-16(20)18-8-6-10-29(18)4)21-13-23(26)28-15-17(21)19-9-7-11-30(19)5/h12-15,18-19H,6-11H2,1-5H3/t18-,19-/m0/s1. The summed E-state index contributed by atoms with van der Waals surface area (Å²) in [6.45, 7) is 9.27. The number of nitrogens with zero attached hydrogens (tertiary/aromatic N) is 4. The minimum absolute atomic E-state index is 0.0303. The van der Waals surface area contributed by atoms with Crippen LogP contribution in [0.5, 0.6) is 0 Å². The molecule has 0 aromatic carbocycles. The topological polar surface area (TPSA) is 32.3 Å². The van der Waals surface area contributed by atoms with Gasteiger partial charge < -0.3 is 0 Å². The first kappa shape index (κ1) is 23.4. The molecule has 4 nitrogen and oxygen atoms in total. The molecule has 0 spiro atoms. The molecular weight excluding hydrogens is 446 g/mol. The maximum atomic E-state index is 6.50. The molecule has 0 unspecified atom stereocenters. The fourth-order valence-corrected chi connectivity index (χ4v) is 8.83. The van der Waals surface area contributed by atoms with E-state index in [0.717, 1.165) is 25.9 Å². The summed E-state index contributed by atoms with van der Waals surface area (Å²) >= 11 is 13.0. The predicted molar refractivity (Wildman–Crippen MR) is 134 cm³/mol. The monoisotopic (exact) mass is 478 g/mol. The Kier molecular flexibility index (Phi) is 6.97. The molecule has 2 aliphatic rings. The summed E-state index contributed by atoms with van der Waals surface area (Å²) in [4.78, 5) is 13.9. The lowest BCUT2D eigenvalue weighted by Crippen LogP contribution is -2.34. The first-order valence-corrected chi connectivity index (χ1v) is 13.3. The van der Waals surface area contributed by atoms with Gasteiger partial charge in [-0.25, -0.2) is 9.97 Å². The maximum Gasteiger partial charge on any atom is 0.129 e. The number of rotatable bonds is 4. The summed E-state index contributed by atoms with van der Waals surface area (Å²) in [5, 5.41) is 3.84. The Hall–Kier alpha value is -0.770. The quantitative estimate of drug-likeness (QED) is 0.425. The molecule has 2 saturated heterocycles. The lowest BCUT2D eigenvalue weighted by Gasteiger charge is -2.37. The van der Waals surface area contributed by atoms with Crippen LogP contribution in [0.4, 0.5) is 0 Å². The van der Waals surface area contributed by atoms with E-state index < -0.39 is 7.92 Å². The maximum absolute atomic E-state index is 6.50. The summed E-state index contributed by atoms with van der Waals surface area (Å²) in [6.07, 6.45) is 8.81. The van der Waals surface area contributed by atoms with Crippen LogP contribution in [0.2, 0.25) is 10.3 Å². The molecule has 0 aliphatic carbocycles. The number of halogens is 2. The second-order valence-electron chi connectivity index (χ2n) is 9.92. The SMILES string of the molecule is CN1CCC[C@H]1c1cnc(Cl)cc1P(c1cc(Cl)ncc1[C@@H]1CCCN1C)C(C)(C)C. The van der Waals surface area contributed by atoms with Gasteiger partial charge in [0.1, 0.15) is 10.3 Å². The molecule has 2 aliphatic heterocycles. The fourth-order valence-electron chi connectivity index (χ4n) is 5.22. The Balaban J connectivity index is 1.92. The first-order valence-electron chi connectivity index (χ1n) is 11.2. The van der Waals surface area contributed by atoms with Crippen LogP contribution in [0.15, 0.2) is 24.5 Å². The van der Waals surface area contributed by atoms with Gasteiger partial charge in [0.15, 0.2) is 0 Å². The summed E-state index contributed by atoms with van der Waals surface area (Å²) < 4.78 is 0. The summed E-state index contributed by atoms with van der Waals surface area (Å²) in [7, 11) is 3.70. The highest BCUT2D eigenvalue weighted by molar-refractivity contribution is 7.74. The second kappa shape index (κ2) is 9.23. The van der Waals surface area contributed by atoms with E-state index in [1.54, 1.807) is 0 Å². The van der Waals surface area contributed by atoms with Crippen molar-refractivity contribution in [2.24, 2.45) is 0 Å². The molecule has 7 heteroatoms. The third-order valence-electron chi connectivity index (χ3n) is 6.67. The molecule has 2 aromatic rings. The Morgan fingerprint density at radius 3 is 1.58 bits per heavy atom. The van der Waals surface area contributed by atoms with Crippen molar-refractivity contribution in [3.63, 3.8) is 0 Å². The molecule has 0 saturated carbocycles. The highest BCUT2D eigenvalue weighted by Crippen LogP contribution is 2.52. The second-order valence-corrected chi connectivity index (χ2v) is 13.7. The van der Waals surface area contributed by atoms with E-state index in [1.807, 2.05) is 12.4 Å². The van der Waals surface area contributed by atoms with Gasteiger partial charge in [-0.15, -0.1) is 0 Å². The van der Waals surface area contributed by atoms with E-state index in [-0.39, 0.29) is 5.16 Å². The Labute approximate surface area is 198 Å². The third kappa shape index (κ3) is 4.80. The van der Waals surface area contributed by atoms with Gasteiger partial charge in [0, 0.05) is 24.5 Å². The van der Waals surface area contributed by atoms with Crippen molar-refractivity contribution in [3.8, 4) is 0 Å². The van der Waals surface area contributed by atoms with Gasteiger partial charge in [0.25, 0.3) is 0 Å². The average molecular weight is 479 g/mol. The molecule has 31 heavy (non-hydrogen) atoms. The van der Waals surface area contributed by atoms with E-state index in [2.05, 4.69) is 66.8 Å². The van der Waals surface area contributed by atoms with Crippen LogP contribution in [-0.2, 0) is 0 Å². The molecule has 0 bridgehead atoms. The van der Waals surface area contributed by atoms with Crippen molar-refractivity contribution >= 4 is 41.7 Å². The summed E-state index contributed by atoms with van der Waals surface area (Å²) in [5.41, 5.74) is 2.65. The Morgan fingerprint density at radius 1 is 0.839 bits per heavy atom. The van der Waals surface area contributed by atoms with Crippen LogP contribution in [0.25, 0.3) is 0 Å². The van der Waals surface area contributed by atoms with Gasteiger partial charge >= 0.3 is 0 Å². The first-order chi connectivity index (χ1) is 14.7. The largest absolute Gasteiger partial charge is 0.299 e. The van der Waals surface area contributed by atoms with Crippen molar-refractivity contribution in [2.45, 2.75) is 63.7 Å². The molecule has 0 N–H and O–H groups in total. The number of aromatic nitrogens is 2. The van der Waals surface area contributed by atoms with Crippen LogP contribution in [0.1, 0.15) is 69.7 Å². The lowest BCUT2D eigenvalue weighted by molar-refractivity contribution is 0.318. The molecular formula is C24H33Cl2N4P. The molecule has 168 valence electrons. The lowest BCUT2D eigenvalue weighted by atomic mass is 10.1. The number of pyridine rings is 2. The third-order valence-corrected chi connectivity index (χ3v) is 10.2. The molecule has 0 amide bonds. The van der Waals surface area contributed by atoms with Gasteiger partial charge in [0.05, 0.1) is 0 Å². The predicted octanol–water partition coefficient (Wildman–Crippen LogP) is 5.55. The highest BCUT2D eigenvalue weighted by Gasteiger charge is 2.37. The van der Waals surface area contributed by atoms with Crippen molar-refractivity contribution in [1.29, 1.82) is 0 Å². The Bertz CT molecular complexity index is 876. The Morgan fingerprint density at radius 2 is 1.26 bits per heavy atom. The van der Waals surface area contributed by atoms with Gasteiger partial charge in [-0.05, 0) is 99.8 Å². The molecule has 4 heterocycles. The zero-order valence-corrected chi connectivity index (χ0v) is 21.6. The van der Waals surface area contributed by atoms with E-state index in [1.165, 1.54) is 34.6 Å². The van der Waals surface area contributed by atoms with Crippen molar-refractivity contribution in [1.82, 2.24) is 19.8 Å². The zero-order valence-electron chi connectivity index (χ0n) is 19.2. The van der Waals surface area contributed by atoms with Crippen LogP contribution in [0, 0.1) is 0 Å². The van der Waals surface area contributed by atoms with Gasteiger partial charge in [-0.3, -0.25) is 9.80 Å². The number of likely N-dealkylation sites (tertiary alicyclic amines) is 2. The smallest absolute Gasteiger partial charge is 0.129 e. The van der Waals surface area contributed by atoms with E-state index >= 15 is 0 Å². The van der Waals surface area contributed by atoms with Gasteiger partial charge in [-0.2, -0.15) is 0 Å². The summed E-state index contributed by atoms with van der Waals surface area (Å²) in [5.74, 6) is 0. The number of hydrogen-bond donors (Lipinski definition) is 0. The van der Waals surface area contributed by atoms with Crippen molar-refractivity contribution in [2.75, 3.05) is 27.2 Å². The molecule has 2 atom stereocenters. The normalized spacial score (nSPS) is 23.2. The van der Waals surface area contributed by atoms with Crippen LogP contribution < -0.4 is 10.6 Å². The van der Waals surface area contributed by atoms with Crippen LogP contribution >= 0.6 is 31.1 Å². The molecule has 2 aromatic heterocycles. The van der Waals surface area contributed by atoms with E-state index in [4.69, 9.17) is 23.2 Å². The van der Waals surface area contributed by atoms with Gasteiger partial charge in [-0.1, -0.05) is 44.0 Å². The molecule has 2 fully saturated rings. The van der Waals surface area contributed by atoms with E-state index in [0.29, 0.717) is 22.4 Å². The van der Waals surface area contributed by atoms with E-state index in [9.17, 15) is 0 Å². The highest BCUT2D eigenvalue weighted by atomic mass is 35.5. The zero-order chi connectivity index (χ0) is 22.3. The fraction of sp³-hybridized carbons (Fsp3) is 0.583. The van der Waals surface area contributed by atoms with Gasteiger partial charge in [0.2, 0.25) is 0 Å². The summed E-state index contributed by atoms with van der Waals surface area (Å²) in [6, 6.07) is 5.02. The molecule has 0 radical (unpaired) electrons. The minimum atomic E-state index is -0.738. The minimum Gasteiger partial charge on any atom is -0.299 e. The van der Waals surface area contributed by atoms with Crippen molar-refractivity contribution < 1.29 is 0 Å². The van der Waals surface area contributed by atoms with Crippen molar-refractivity contribution in [3.05, 3.63) is 46.0 Å². The van der Waals surface area contributed by atoms with Crippen LogP contribution in [0.3, 0.4) is 0 Å². The molecule has 4 rings (SSSR count). The van der Waals surface area contributed by atoms with Crippen LogP contribution in [-0.4, -0.2) is 52.1 Å².